The Kier molecular flexibility index (Phi) is 6.31. The first kappa shape index (κ1) is 16.7. The highest BCUT2D eigenvalue weighted by atomic mass is 16.4. The van der Waals surface area contributed by atoms with Crippen LogP contribution < -0.4 is 16.8 Å². The van der Waals surface area contributed by atoms with Crippen LogP contribution in [0.4, 0.5) is 4.79 Å². The summed E-state index contributed by atoms with van der Waals surface area (Å²) in [6, 6.07) is -1.85. The third-order valence-electron chi connectivity index (χ3n) is 2.21. The highest BCUT2D eigenvalue weighted by Crippen LogP contribution is 2.02. The molecule has 0 aromatic carbocycles. The summed E-state index contributed by atoms with van der Waals surface area (Å²) in [7, 11) is 0. The molecule has 0 saturated heterocycles. The number of nitrogens with two attached hydrogens (primary N) is 2. The second-order valence-corrected chi connectivity index (χ2v) is 4.29. The summed E-state index contributed by atoms with van der Waals surface area (Å²) in [4.78, 5) is 44.9. The molecule has 108 valence electrons. The number of carbonyl (C=O) groups excluding carboxylic acids is 3. The minimum absolute atomic E-state index is 0.276. The molecule has 9 nitrogen and oxygen atoms in total. The zero-order valence-corrected chi connectivity index (χ0v) is 10.8. The van der Waals surface area contributed by atoms with E-state index in [2.05, 4.69) is 5.32 Å². The molecule has 0 spiro atoms. The van der Waals surface area contributed by atoms with E-state index in [1.54, 1.807) is 13.8 Å². The third kappa shape index (κ3) is 6.24. The summed E-state index contributed by atoms with van der Waals surface area (Å²) < 4.78 is 0. The van der Waals surface area contributed by atoms with Crippen molar-refractivity contribution in [2.75, 3.05) is 13.1 Å². The van der Waals surface area contributed by atoms with Crippen molar-refractivity contribution >= 4 is 23.8 Å². The van der Waals surface area contributed by atoms with Gasteiger partial charge >= 0.3 is 12.0 Å². The Hall–Kier alpha value is -2.32. The van der Waals surface area contributed by atoms with Crippen LogP contribution in [0.5, 0.6) is 0 Å². The summed E-state index contributed by atoms with van der Waals surface area (Å²) in [5.41, 5.74) is 10.0. The van der Waals surface area contributed by atoms with E-state index in [0.717, 1.165) is 0 Å². The minimum atomic E-state index is -1.31. The van der Waals surface area contributed by atoms with Gasteiger partial charge in [0.05, 0.1) is 0 Å². The van der Waals surface area contributed by atoms with Gasteiger partial charge in [0.15, 0.2) is 0 Å². The number of hydrogen-bond donors (Lipinski definition) is 4. The molecule has 0 rings (SSSR count). The van der Waals surface area contributed by atoms with Gasteiger partial charge in [-0.1, -0.05) is 13.8 Å². The number of rotatable bonds is 7. The van der Waals surface area contributed by atoms with Crippen molar-refractivity contribution in [3.63, 3.8) is 0 Å². The molecule has 0 bridgehead atoms. The lowest BCUT2D eigenvalue weighted by molar-refractivity contribution is -0.137. The number of aliphatic carboxylic acids is 1. The van der Waals surface area contributed by atoms with Gasteiger partial charge in [-0.3, -0.25) is 14.4 Å². The molecule has 0 aromatic rings. The molecule has 1 atom stereocenters. The molecule has 0 aliphatic heterocycles. The molecule has 0 aliphatic carbocycles. The maximum absolute atomic E-state index is 11.8. The fourth-order valence-electron chi connectivity index (χ4n) is 1.34. The molecule has 9 heteroatoms. The van der Waals surface area contributed by atoms with Gasteiger partial charge in [0.2, 0.25) is 11.8 Å². The summed E-state index contributed by atoms with van der Waals surface area (Å²) in [6.07, 6.45) is 0. The van der Waals surface area contributed by atoms with E-state index in [9.17, 15) is 19.2 Å². The molecule has 1 unspecified atom stereocenters. The van der Waals surface area contributed by atoms with E-state index in [1.165, 1.54) is 0 Å². The molecule has 0 saturated carbocycles. The van der Waals surface area contributed by atoms with Gasteiger partial charge in [-0.05, 0) is 5.92 Å². The van der Waals surface area contributed by atoms with Crippen LogP contribution in [0.1, 0.15) is 13.8 Å². The van der Waals surface area contributed by atoms with Crippen molar-refractivity contribution in [2.45, 2.75) is 19.9 Å². The van der Waals surface area contributed by atoms with Crippen LogP contribution in [0.25, 0.3) is 0 Å². The number of primary amides is 2. The van der Waals surface area contributed by atoms with E-state index in [1.807, 2.05) is 0 Å². The third-order valence-corrected chi connectivity index (χ3v) is 2.21. The molecule has 6 N–H and O–H groups in total. The minimum Gasteiger partial charge on any atom is -0.480 e. The van der Waals surface area contributed by atoms with E-state index < -0.39 is 42.9 Å². The van der Waals surface area contributed by atoms with E-state index in [0.29, 0.717) is 4.90 Å². The topological polar surface area (TPSA) is 156 Å². The number of urea groups is 1. The van der Waals surface area contributed by atoms with Crippen LogP contribution in [0.2, 0.25) is 0 Å². The first-order valence-electron chi connectivity index (χ1n) is 5.50. The van der Waals surface area contributed by atoms with Gasteiger partial charge in [0.25, 0.3) is 0 Å². The van der Waals surface area contributed by atoms with Crippen LogP contribution in [-0.4, -0.2) is 53.0 Å². The molecule has 4 amide bonds. The Bertz CT molecular complexity index is 366. The molecule has 0 aromatic heterocycles. The van der Waals surface area contributed by atoms with Crippen molar-refractivity contribution in [1.29, 1.82) is 0 Å². The lowest BCUT2D eigenvalue weighted by Gasteiger charge is -2.24. The first-order valence-corrected chi connectivity index (χ1v) is 5.50. The lowest BCUT2D eigenvalue weighted by Crippen LogP contribution is -2.54. The lowest BCUT2D eigenvalue weighted by atomic mass is 10.0. The molecule has 0 aliphatic rings. The van der Waals surface area contributed by atoms with E-state index in [4.69, 9.17) is 16.6 Å². The van der Waals surface area contributed by atoms with Crippen LogP contribution in [0.3, 0.4) is 0 Å². The standard InChI is InChI=1S/C10H18N4O5/c1-5(2)8(9(12)18)13-10(19)14(3-6(11)15)4-7(16)17/h5,8H,3-4H2,1-2H3,(H2,11,15)(H2,12,18)(H,13,19)(H,16,17). The predicted molar refractivity (Wildman–Crippen MR) is 64.8 cm³/mol. The Morgan fingerprint density at radius 3 is 2.00 bits per heavy atom. The normalized spacial score (nSPS) is 11.7. The smallest absolute Gasteiger partial charge is 0.323 e. The van der Waals surface area contributed by atoms with Gasteiger partial charge in [0, 0.05) is 0 Å². The molecule has 19 heavy (non-hydrogen) atoms. The molecular formula is C10H18N4O5. The molecule has 0 fully saturated rings. The maximum Gasteiger partial charge on any atom is 0.323 e. The van der Waals surface area contributed by atoms with Crippen LogP contribution in [0, 0.1) is 5.92 Å². The van der Waals surface area contributed by atoms with E-state index in [-0.39, 0.29) is 5.92 Å². The number of nitrogens with one attached hydrogen (secondary N) is 1. The summed E-state index contributed by atoms with van der Waals surface area (Å²) in [5.74, 6) is -3.20. The zero-order valence-electron chi connectivity index (χ0n) is 10.8. The quantitative estimate of drug-likeness (QED) is 0.425. The Morgan fingerprint density at radius 1 is 1.16 bits per heavy atom. The average Bonchev–Trinajstić information content (AvgIpc) is 2.22. The van der Waals surface area contributed by atoms with Crippen molar-refractivity contribution in [1.82, 2.24) is 10.2 Å². The zero-order chi connectivity index (χ0) is 15.2. The monoisotopic (exact) mass is 274 g/mol. The Balaban J connectivity index is 4.83. The van der Waals surface area contributed by atoms with Crippen LogP contribution >= 0.6 is 0 Å². The maximum atomic E-state index is 11.8. The summed E-state index contributed by atoms with van der Waals surface area (Å²) in [5, 5.41) is 10.9. The van der Waals surface area contributed by atoms with Gasteiger partial charge in [-0.25, -0.2) is 4.79 Å². The Labute approximate surface area is 109 Å². The van der Waals surface area contributed by atoms with Gasteiger partial charge in [-0.15, -0.1) is 0 Å². The first-order chi connectivity index (χ1) is 8.65. The number of carboxylic acids is 1. The highest BCUT2D eigenvalue weighted by Gasteiger charge is 2.26. The summed E-state index contributed by atoms with van der Waals surface area (Å²) >= 11 is 0. The summed E-state index contributed by atoms with van der Waals surface area (Å²) in [6.45, 7) is 2.04. The molecular weight excluding hydrogens is 256 g/mol. The number of hydrogen-bond acceptors (Lipinski definition) is 4. The van der Waals surface area contributed by atoms with Gasteiger partial charge in [-0.2, -0.15) is 0 Å². The number of nitrogens with zero attached hydrogens (tertiary/aromatic N) is 1. The highest BCUT2D eigenvalue weighted by molar-refractivity contribution is 5.89. The number of amides is 4. The van der Waals surface area contributed by atoms with Gasteiger partial charge < -0.3 is 26.8 Å². The van der Waals surface area contributed by atoms with Crippen molar-refractivity contribution in [3.05, 3.63) is 0 Å². The SMILES string of the molecule is CC(C)C(NC(=O)N(CC(N)=O)CC(=O)O)C(N)=O. The van der Waals surface area contributed by atoms with Crippen LogP contribution in [0.15, 0.2) is 0 Å². The molecule has 0 radical (unpaired) electrons. The van der Waals surface area contributed by atoms with Crippen molar-refractivity contribution in [3.8, 4) is 0 Å². The number of carbonyl (C=O) groups is 4. The second-order valence-electron chi connectivity index (χ2n) is 4.29. The van der Waals surface area contributed by atoms with Gasteiger partial charge in [0.1, 0.15) is 19.1 Å². The fraction of sp³-hybridized carbons (Fsp3) is 0.600. The number of carboxylic acid groups (broad SMARTS) is 1. The van der Waals surface area contributed by atoms with E-state index >= 15 is 0 Å². The Morgan fingerprint density at radius 2 is 1.68 bits per heavy atom. The average molecular weight is 274 g/mol. The van der Waals surface area contributed by atoms with Crippen LogP contribution in [-0.2, 0) is 14.4 Å². The van der Waals surface area contributed by atoms with Crippen molar-refractivity contribution < 1.29 is 24.3 Å². The molecule has 0 heterocycles. The fourth-order valence-corrected chi connectivity index (χ4v) is 1.34. The second kappa shape index (κ2) is 7.19. The van der Waals surface area contributed by atoms with Crippen molar-refractivity contribution in [2.24, 2.45) is 17.4 Å². The largest absolute Gasteiger partial charge is 0.480 e. The predicted octanol–water partition coefficient (Wildman–Crippen LogP) is -1.92.